The Bertz CT molecular complexity index is 128. The summed E-state index contributed by atoms with van der Waals surface area (Å²) in [7, 11) is 0. The van der Waals surface area contributed by atoms with E-state index in [-0.39, 0.29) is 0 Å². The molecule has 0 aromatic rings. The van der Waals surface area contributed by atoms with Crippen molar-refractivity contribution in [2.45, 2.75) is 45.5 Å². The Morgan fingerprint density at radius 1 is 1.45 bits per heavy atom. The van der Waals surface area contributed by atoms with Crippen molar-refractivity contribution in [1.82, 2.24) is 5.32 Å². The van der Waals surface area contributed by atoms with Crippen molar-refractivity contribution in [3.8, 4) is 0 Å². The van der Waals surface area contributed by atoms with Crippen molar-refractivity contribution in [3.05, 3.63) is 0 Å². The summed E-state index contributed by atoms with van der Waals surface area (Å²) in [6.07, 6.45) is 1.26. The molecular weight excluding hydrogens is 154 g/mol. The first-order valence-corrected chi connectivity index (χ1v) is 5.46. The summed E-state index contributed by atoms with van der Waals surface area (Å²) in [6, 6.07) is 0.754. The molecule has 0 aliphatic carbocycles. The standard InChI is InChI=1S/C9H19NS/c1-5-7-6-11-8(10-7)9(2,3)4/h7-8,10H,5-6H2,1-4H3. The van der Waals surface area contributed by atoms with Crippen molar-refractivity contribution in [2.24, 2.45) is 5.41 Å². The molecule has 0 aromatic heterocycles. The molecule has 11 heavy (non-hydrogen) atoms. The lowest BCUT2D eigenvalue weighted by molar-refractivity contribution is 0.340. The van der Waals surface area contributed by atoms with E-state index in [4.69, 9.17) is 0 Å². The van der Waals surface area contributed by atoms with Crippen LogP contribution in [0, 0.1) is 5.41 Å². The molecule has 0 aromatic carbocycles. The maximum atomic E-state index is 3.64. The molecule has 2 atom stereocenters. The molecule has 1 nitrogen and oxygen atoms in total. The van der Waals surface area contributed by atoms with Gasteiger partial charge in [-0.1, -0.05) is 27.7 Å². The number of hydrogen-bond donors (Lipinski definition) is 1. The molecule has 0 radical (unpaired) electrons. The average Bonchev–Trinajstić information content (AvgIpc) is 2.32. The highest BCUT2D eigenvalue weighted by atomic mass is 32.2. The largest absolute Gasteiger partial charge is 0.301 e. The highest BCUT2D eigenvalue weighted by molar-refractivity contribution is 8.00. The van der Waals surface area contributed by atoms with Gasteiger partial charge in [0.15, 0.2) is 0 Å². The zero-order chi connectivity index (χ0) is 8.48. The predicted molar refractivity (Wildman–Crippen MR) is 52.9 cm³/mol. The molecule has 0 bridgehead atoms. The monoisotopic (exact) mass is 173 g/mol. The first-order chi connectivity index (χ1) is 5.04. The van der Waals surface area contributed by atoms with E-state index in [2.05, 4.69) is 44.8 Å². The summed E-state index contributed by atoms with van der Waals surface area (Å²) in [5, 5.41) is 4.30. The zero-order valence-corrected chi connectivity index (χ0v) is 8.79. The lowest BCUT2D eigenvalue weighted by atomic mass is 9.96. The van der Waals surface area contributed by atoms with Gasteiger partial charge in [0.25, 0.3) is 0 Å². The predicted octanol–water partition coefficient (Wildman–Crippen LogP) is 2.47. The Morgan fingerprint density at radius 3 is 2.36 bits per heavy atom. The van der Waals surface area contributed by atoms with Gasteiger partial charge in [0.05, 0.1) is 5.37 Å². The van der Waals surface area contributed by atoms with Gasteiger partial charge in [0.1, 0.15) is 0 Å². The molecule has 0 spiro atoms. The third kappa shape index (κ3) is 2.38. The van der Waals surface area contributed by atoms with Crippen LogP contribution in [0.1, 0.15) is 34.1 Å². The Balaban J connectivity index is 2.42. The van der Waals surface area contributed by atoms with Crippen LogP contribution in [-0.4, -0.2) is 17.2 Å². The van der Waals surface area contributed by atoms with Crippen molar-refractivity contribution in [1.29, 1.82) is 0 Å². The fraction of sp³-hybridized carbons (Fsp3) is 1.00. The highest BCUT2D eigenvalue weighted by Crippen LogP contribution is 2.33. The van der Waals surface area contributed by atoms with Crippen molar-refractivity contribution < 1.29 is 0 Å². The molecule has 1 saturated heterocycles. The van der Waals surface area contributed by atoms with Crippen LogP contribution < -0.4 is 5.32 Å². The molecule has 0 amide bonds. The molecule has 1 aliphatic heterocycles. The van der Waals surface area contributed by atoms with Crippen molar-refractivity contribution in [3.63, 3.8) is 0 Å². The molecule has 2 unspecified atom stereocenters. The normalized spacial score (nSPS) is 32.7. The van der Waals surface area contributed by atoms with Gasteiger partial charge in [0, 0.05) is 11.8 Å². The second-order valence-corrected chi connectivity index (χ2v) is 5.49. The van der Waals surface area contributed by atoms with Gasteiger partial charge in [-0.3, -0.25) is 0 Å². The van der Waals surface area contributed by atoms with Gasteiger partial charge in [-0.2, -0.15) is 0 Å². The Morgan fingerprint density at radius 2 is 2.09 bits per heavy atom. The van der Waals surface area contributed by atoms with Gasteiger partial charge in [-0.15, -0.1) is 11.8 Å². The molecule has 1 fully saturated rings. The fourth-order valence-corrected chi connectivity index (χ4v) is 2.80. The first kappa shape index (κ1) is 9.40. The van der Waals surface area contributed by atoms with Crippen LogP contribution in [0.15, 0.2) is 0 Å². The lowest BCUT2D eigenvalue weighted by Crippen LogP contribution is -2.37. The summed E-state index contributed by atoms with van der Waals surface area (Å²) in [4.78, 5) is 0. The fourth-order valence-electron chi connectivity index (χ4n) is 1.26. The topological polar surface area (TPSA) is 12.0 Å². The molecule has 1 N–H and O–H groups in total. The average molecular weight is 173 g/mol. The molecule has 1 rings (SSSR count). The van der Waals surface area contributed by atoms with E-state index in [0.717, 1.165) is 6.04 Å². The smallest absolute Gasteiger partial charge is 0.0584 e. The SMILES string of the molecule is CCC1CSC(C(C)(C)C)N1. The van der Waals surface area contributed by atoms with Crippen LogP contribution in [0.3, 0.4) is 0 Å². The lowest BCUT2D eigenvalue weighted by Gasteiger charge is -2.26. The summed E-state index contributed by atoms with van der Waals surface area (Å²) < 4.78 is 0. The Labute approximate surface area is 74.3 Å². The number of rotatable bonds is 1. The van der Waals surface area contributed by atoms with E-state index in [1.54, 1.807) is 0 Å². The van der Waals surface area contributed by atoms with Crippen LogP contribution in [-0.2, 0) is 0 Å². The molecular formula is C9H19NS. The number of thioether (sulfide) groups is 1. The van der Waals surface area contributed by atoms with Crippen LogP contribution in [0.25, 0.3) is 0 Å². The van der Waals surface area contributed by atoms with Gasteiger partial charge < -0.3 is 5.32 Å². The maximum absolute atomic E-state index is 3.64. The van der Waals surface area contributed by atoms with Crippen molar-refractivity contribution in [2.75, 3.05) is 5.75 Å². The first-order valence-electron chi connectivity index (χ1n) is 4.41. The van der Waals surface area contributed by atoms with Gasteiger partial charge in [-0.05, 0) is 11.8 Å². The van der Waals surface area contributed by atoms with Gasteiger partial charge in [0.2, 0.25) is 0 Å². The molecule has 2 heteroatoms. The third-order valence-corrected chi connectivity index (χ3v) is 3.90. The minimum atomic E-state index is 0.411. The molecule has 66 valence electrons. The van der Waals surface area contributed by atoms with E-state index in [1.807, 2.05) is 0 Å². The third-order valence-electron chi connectivity index (χ3n) is 2.13. The highest BCUT2D eigenvalue weighted by Gasteiger charge is 2.31. The minimum absolute atomic E-state index is 0.411. The van der Waals surface area contributed by atoms with E-state index in [1.165, 1.54) is 12.2 Å². The van der Waals surface area contributed by atoms with Crippen molar-refractivity contribution >= 4 is 11.8 Å². The molecule has 1 heterocycles. The van der Waals surface area contributed by atoms with Crippen LogP contribution >= 0.6 is 11.8 Å². The zero-order valence-electron chi connectivity index (χ0n) is 7.98. The van der Waals surface area contributed by atoms with E-state index < -0.39 is 0 Å². The summed E-state index contributed by atoms with van der Waals surface area (Å²) >= 11 is 2.07. The number of nitrogens with one attached hydrogen (secondary N) is 1. The summed E-state index contributed by atoms with van der Waals surface area (Å²) in [6.45, 7) is 9.16. The Hall–Kier alpha value is 0.310. The van der Waals surface area contributed by atoms with Crippen LogP contribution in [0.5, 0.6) is 0 Å². The van der Waals surface area contributed by atoms with E-state index in [0.29, 0.717) is 10.8 Å². The molecule has 0 saturated carbocycles. The second-order valence-electron chi connectivity index (χ2n) is 4.35. The van der Waals surface area contributed by atoms with Crippen LogP contribution in [0.2, 0.25) is 0 Å². The summed E-state index contributed by atoms with van der Waals surface area (Å²) in [5.41, 5.74) is 0.411. The summed E-state index contributed by atoms with van der Waals surface area (Å²) in [5.74, 6) is 1.29. The quantitative estimate of drug-likeness (QED) is 0.654. The van der Waals surface area contributed by atoms with Crippen LogP contribution in [0.4, 0.5) is 0 Å². The maximum Gasteiger partial charge on any atom is 0.0584 e. The minimum Gasteiger partial charge on any atom is -0.301 e. The molecule has 1 aliphatic rings. The Kier molecular flexibility index (Phi) is 2.87. The van der Waals surface area contributed by atoms with Gasteiger partial charge >= 0.3 is 0 Å². The van der Waals surface area contributed by atoms with Gasteiger partial charge in [-0.25, -0.2) is 0 Å². The van der Waals surface area contributed by atoms with E-state index >= 15 is 0 Å². The number of hydrogen-bond acceptors (Lipinski definition) is 2. The van der Waals surface area contributed by atoms with E-state index in [9.17, 15) is 0 Å². The second kappa shape index (κ2) is 3.36.